The highest BCUT2D eigenvalue weighted by molar-refractivity contribution is 5.87. The molecule has 6 heteroatoms. The van der Waals surface area contributed by atoms with E-state index in [0.29, 0.717) is 12.0 Å². The van der Waals surface area contributed by atoms with Crippen molar-refractivity contribution in [1.29, 1.82) is 0 Å². The van der Waals surface area contributed by atoms with Crippen LogP contribution in [0.2, 0.25) is 0 Å². The first-order valence-corrected chi connectivity index (χ1v) is 8.47. The molecular formula is C17H25N3O3. The third kappa shape index (κ3) is 4.42. The molecule has 0 bridgehead atoms. The van der Waals surface area contributed by atoms with Crippen LogP contribution in [0.4, 0.5) is 5.82 Å². The molecule has 3 rings (SSSR count). The number of anilines is 1. The van der Waals surface area contributed by atoms with Crippen LogP contribution in [0.3, 0.4) is 0 Å². The average molecular weight is 319 g/mol. The van der Waals surface area contributed by atoms with E-state index in [9.17, 15) is 4.79 Å². The Balaban J connectivity index is 1.41. The maximum absolute atomic E-state index is 10.8. The monoisotopic (exact) mass is 319 g/mol. The minimum atomic E-state index is -0.940. The van der Waals surface area contributed by atoms with E-state index >= 15 is 0 Å². The lowest BCUT2D eigenvalue weighted by Gasteiger charge is -2.39. The van der Waals surface area contributed by atoms with E-state index in [1.807, 2.05) is 0 Å². The van der Waals surface area contributed by atoms with E-state index in [-0.39, 0.29) is 5.56 Å². The van der Waals surface area contributed by atoms with Crippen LogP contribution in [0, 0.1) is 5.92 Å². The number of nitrogens with one attached hydrogen (secondary N) is 1. The van der Waals surface area contributed by atoms with Gasteiger partial charge in [0.05, 0.1) is 5.56 Å². The zero-order chi connectivity index (χ0) is 16.1. The van der Waals surface area contributed by atoms with Gasteiger partial charge in [0.1, 0.15) is 5.82 Å². The molecule has 2 aliphatic heterocycles. The molecular weight excluding hydrogens is 294 g/mol. The molecule has 126 valence electrons. The van der Waals surface area contributed by atoms with Crippen molar-refractivity contribution in [3.8, 4) is 0 Å². The number of aromatic carboxylic acids is 1. The second-order valence-corrected chi connectivity index (χ2v) is 6.44. The predicted octanol–water partition coefficient (Wildman–Crippen LogP) is 2.08. The minimum absolute atomic E-state index is 0.223. The first-order chi connectivity index (χ1) is 11.2. The lowest BCUT2D eigenvalue weighted by molar-refractivity contribution is 0.0219. The normalized spacial score (nSPS) is 21.2. The summed E-state index contributed by atoms with van der Waals surface area (Å²) < 4.78 is 5.44. The fourth-order valence-corrected chi connectivity index (χ4v) is 3.45. The lowest BCUT2D eigenvalue weighted by atomic mass is 9.94. The summed E-state index contributed by atoms with van der Waals surface area (Å²) in [4.78, 5) is 17.6. The number of carboxylic acid groups (broad SMARTS) is 1. The molecule has 0 atom stereocenters. The van der Waals surface area contributed by atoms with E-state index in [2.05, 4.69) is 15.2 Å². The van der Waals surface area contributed by atoms with Crippen LogP contribution >= 0.6 is 0 Å². The molecule has 2 fully saturated rings. The van der Waals surface area contributed by atoms with Gasteiger partial charge in [-0.1, -0.05) is 0 Å². The summed E-state index contributed by atoms with van der Waals surface area (Å²) in [6.45, 7) is 5.06. The average Bonchev–Trinajstić information content (AvgIpc) is 2.61. The Morgan fingerprint density at radius 3 is 2.61 bits per heavy atom. The fraction of sp³-hybridized carbons (Fsp3) is 0.647. The third-order valence-electron chi connectivity index (χ3n) is 4.94. The van der Waals surface area contributed by atoms with E-state index < -0.39 is 5.97 Å². The number of ether oxygens (including phenoxy) is 1. The Hall–Kier alpha value is -1.66. The lowest BCUT2D eigenvalue weighted by Crippen LogP contribution is -2.44. The van der Waals surface area contributed by atoms with Gasteiger partial charge in [0.15, 0.2) is 0 Å². The summed E-state index contributed by atoms with van der Waals surface area (Å²) in [5, 5.41) is 12.2. The highest BCUT2D eigenvalue weighted by atomic mass is 16.5. The van der Waals surface area contributed by atoms with Gasteiger partial charge in [-0.25, -0.2) is 9.78 Å². The summed E-state index contributed by atoms with van der Waals surface area (Å²) in [6.07, 6.45) is 6.15. The Bertz CT molecular complexity index is 506. The van der Waals surface area contributed by atoms with Crippen LogP contribution in [0.25, 0.3) is 0 Å². The number of carbonyl (C=O) groups is 1. The molecule has 0 aliphatic carbocycles. The Labute approximate surface area is 136 Å². The van der Waals surface area contributed by atoms with Crippen LogP contribution in [-0.2, 0) is 4.74 Å². The molecule has 2 N–H and O–H groups in total. The molecule has 0 amide bonds. The van der Waals surface area contributed by atoms with Gasteiger partial charge in [0.25, 0.3) is 0 Å². The number of rotatable bonds is 5. The van der Waals surface area contributed by atoms with Crippen LogP contribution in [0.5, 0.6) is 0 Å². The molecule has 2 aliphatic rings. The van der Waals surface area contributed by atoms with Crippen LogP contribution in [0.1, 0.15) is 36.0 Å². The van der Waals surface area contributed by atoms with E-state index in [0.717, 1.165) is 25.6 Å². The number of hydrogen-bond donors (Lipinski definition) is 2. The predicted molar refractivity (Wildman–Crippen MR) is 87.8 cm³/mol. The number of aromatic nitrogens is 1. The molecule has 0 unspecified atom stereocenters. The maximum atomic E-state index is 10.8. The third-order valence-corrected chi connectivity index (χ3v) is 4.94. The van der Waals surface area contributed by atoms with Crippen molar-refractivity contribution in [2.45, 2.75) is 31.7 Å². The molecule has 0 aromatic carbocycles. The first-order valence-electron chi connectivity index (χ1n) is 8.47. The Kier molecular flexibility index (Phi) is 5.46. The van der Waals surface area contributed by atoms with E-state index in [4.69, 9.17) is 9.84 Å². The van der Waals surface area contributed by atoms with E-state index in [1.165, 1.54) is 45.0 Å². The topological polar surface area (TPSA) is 74.7 Å². The standard InChI is InChI=1S/C17H25N3O3/c21-17(22)14-1-2-16(19-12-14)18-11-13-3-7-20(8-4-13)15-5-9-23-10-6-15/h1-2,12-13,15H,3-11H2,(H,18,19)(H,21,22). The quantitative estimate of drug-likeness (QED) is 0.865. The number of hydrogen-bond acceptors (Lipinski definition) is 5. The number of carboxylic acids is 1. The van der Waals surface area contributed by atoms with Crippen molar-refractivity contribution >= 4 is 11.8 Å². The van der Waals surface area contributed by atoms with Crippen molar-refractivity contribution in [1.82, 2.24) is 9.88 Å². The van der Waals surface area contributed by atoms with Gasteiger partial charge < -0.3 is 20.1 Å². The molecule has 6 nitrogen and oxygen atoms in total. The molecule has 0 radical (unpaired) electrons. The maximum Gasteiger partial charge on any atom is 0.337 e. The van der Waals surface area contributed by atoms with Gasteiger partial charge >= 0.3 is 5.97 Å². The van der Waals surface area contributed by atoms with Crippen LogP contribution < -0.4 is 5.32 Å². The molecule has 3 heterocycles. The molecule has 1 aromatic rings. The molecule has 23 heavy (non-hydrogen) atoms. The van der Waals surface area contributed by atoms with Gasteiger partial charge in [0, 0.05) is 32.0 Å². The van der Waals surface area contributed by atoms with Gasteiger partial charge in [0.2, 0.25) is 0 Å². The fourth-order valence-electron chi connectivity index (χ4n) is 3.45. The summed E-state index contributed by atoms with van der Waals surface area (Å²) in [5.41, 5.74) is 0.223. The largest absolute Gasteiger partial charge is 0.478 e. The Morgan fingerprint density at radius 2 is 2.00 bits per heavy atom. The number of nitrogens with zero attached hydrogens (tertiary/aromatic N) is 2. The minimum Gasteiger partial charge on any atom is -0.478 e. The summed E-state index contributed by atoms with van der Waals surface area (Å²) in [6, 6.07) is 4.04. The smallest absolute Gasteiger partial charge is 0.337 e. The highest BCUT2D eigenvalue weighted by Gasteiger charge is 2.26. The van der Waals surface area contributed by atoms with Gasteiger partial charge in [-0.3, -0.25) is 0 Å². The number of likely N-dealkylation sites (tertiary alicyclic amines) is 1. The zero-order valence-electron chi connectivity index (χ0n) is 13.4. The summed E-state index contributed by atoms with van der Waals surface area (Å²) in [5.74, 6) is 0.471. The van der Waals surface area contributed by atoms with Gasteiger partial charge in [-0.2, -0.15) is 0 Å². The molecule has 0 spiro atoms. The van der Waals surface area contributed by atoms with Crippen LogP contribution in [0.15, 0.2) is 18.3 Å². The van der Waals surface area contributed by atoms with E-state index in [1.54, 1.807) is 12.1 Å². The molecule has 0 saturated carbocycles. The zero-order valence-corrected chi connectivity index (χ0v) is 13.4. The van der Waals surface area contributed by atoms with Gasteiger partial charge in [-0.05, 0) is 56.8 Å². The van der Waals surface area contributed by atoms with Crippen molar-refractivity contribution in [2.24, 2.45) is 5.92 Å². The SMILES string of the molecule is O=C(O)c1ccc(NCC2CCN(C3CCOCC3)CC2)nc1. The highest BCUT2D eigenvalue weighted by Crippen LogP contribution is 2.23. The summed E-state index contributed by atoms with van der Waals surface area (Å²) in [7, 11) is 0. The second-order valence-electron chi connectivity index (χ2n) is 6.44. The second kappa shape index (κ2) is 7.75. The van der Waals surface area contributed by atoms with Crippen LogP contribution in [-0.4, -0.2) is 59.8 Å². The van der Waals surface area contributed by atoms with Crippen molar-refractivity contribution in [3.63, 3.8) is 0 Å². The number of piperidine rings is 1. The first kappa shape index (κ1) is 16.2. The van der Waals surface area contributed by atoms with Gasteiger partial charge in [-0.15, -0.1) is 0 Å². The number of pyridine rings is 1. The van der Waals surface area contributed by atoms with Crippen molar-refractivity contribution in [2.75, 3.05) is 38.2 Å². The Morgan fingerprint density at radius 1 is 1.26 bits per heavy atom. The van der Waals surface area contributed by atoms with Crippen molar-refractivity contribution in [3.05, 3.63) is 23.9 Å². The summed E-state index contributed by atoms with van der Waals surface area (Å²) >= 11 is 0. The molecule has 1 aromatic heterocycles. The van der Waals surface area contributed by atoms with Crippen molar-refractivity contribution < 1.29 is 14.6 Å². The molecule has 2 saturated heterocycles.